The van der Waals surface area contributed by atoms with Gasteiger partial charge in [-0.3, -0.25) is 0 Å². The topological polar surface area (TPSA) is 32.3 Å². The molecule has 1 aliphatic carbocycles. The van der Waals surface area contributed by atoms with E-state index in [4.69, 9.17) is 5.11 Å². The number of hydrogen-bond acceptors (Lipinski definition) is 2. The Morgan fingerprint density at radius 2 is 2.07 bits per heavy atom. The summed E-state index contributed by atoms with van der Waals surface area (Å²) in [5.74, 6) is 0. The fourth-order valence-corrected chi connectivity index (χ4v) is 1.92. The lowest BCUT2D eigenvalue weighted by atomic mass is 9.90. The summed E-state index contributed by atoms with van der Waals surface area (Å²) in [5.41, 5.74) is 0.631. The molecule has 1 fully saturated rings. The Morgan fingerprint density at radius 1 is 1.50 bits per heavy atom. The molecule has 0 bridgehead atoms. The molecule has 0 amide bonds. The van der Waals surface area contributed by atoms with Gasteiger partial charge in [0.1, 0.15) is 0 Å². The van der Waals surface area contributed by atoms with Gasteiger partial charge in [-0.2, -0.15) is 0 Å². The van der Waals surface area contributed by atoms with Crippen molar-refractivity contribution in [2.45, 2.75) is 65.0 Å². The molecule has 1 aliphatic rings. The van der Waals surface area contributed by atoms with Crippen molar-refractivity contribution in [3.05, 3.63) is 0 Å². The maximum absolute atomic E-state index is 9.02. The predicted molar refractivity (Wildman–Crippen MR) is 60.3 cm³/mol. The molecule has 2 N–H and O–H groups in total. The standard InChI is InChI=1S/C12H25NO/c1-5-12(4,8-9-14)13-10(2)11(3)6-7-11/h10,13-14H,5-9H2,1-4H3. The van der Waals surface area contributed by atoms with Gasteiger partial charge in [-0.1, -0.05) is 13.8 Å². The van der Waals surface area contributed by atoms with Crippen molar-refractivity contribution < 1.29 is 5.11 Å². The van der Waals surface area contributed by atoms with Crippen LogP contribution in [0.4, 0.5) is 0 Å². The fraction of sp³-hybridized carbons (Fsp3) is 1.00. The average Bonchev–Trinajstić information content (AvgIpc) is 2.85. The summed E-state index contributed by atoms with van der Waals surface area (Å²) in [5, 5.41) is 12.7. The summed E-state index contributed by atoms with van der Waals surface area (Å²) in [6.07, 6.45) is 4.62. The third-order valence-electron chi connectivity index (χ3n) is 4.09. The van der Waals surface area contributed by atoms with Crippen molar-refractivity contribution in [1.29, 1.82) is 0 Å². The molecule has 0 radical (unpaired) electrons. The number of aliphatic hydroxyl groups is 1. The lowest BCUT2D eigenvalue weighted by Gasteiger charge is -2.35. The normalized spacial score (nSPS) is 25.5. The van der Waals surface area contributed by atoms with Crippen LogP contribution in [0, 0.1) is 5.41 Å². The van der Waals surface area contributed by atoms with Crippen LogP contribution in [-0.2, 0) is 0 Å². The van der Waals surface area contributed by atoms with E-state index >= 15 is 0 Å². The lowest BCUT2D eigenvalue weighted by Crippen LogP contribution is -2.50. The zero-order valence-electron chi connectivity index (χ0n) is 10.1. The Morgan fingerprint density at radius 3 is 2.43 bits per heavy atom. The van der Waals surface area contributed by atoms with E-state index in [1.54, 1.807) is 0 Å². The van der Waals surface area contributed by atoms with E-state index in [2.05, 4.69) is 33.0 Å². The SMILES string of the molecule is CCC(C)(CCO)NC(C)C1(C)CC1. The molecule has 0 spiro atoms. The molecule has 1 saturated carbocycles. The monoisotopic (exact) mass is 199 g/mol. The van der Waals surface area contributed by atoms with Gasteiger partial charge in [0.15, 0.2) is 0 Å². The van der Waals surface area contributed by atoms with Crippen LogP contribution in [-0.4, -0.2) is 23.3 Å². The van der Waals surface area contributed by atoms with Crippen molar-refractivity contribution >= 4 is 0 Å². The second-order valence-electron chi connectivity index (χ2n) is 5.41. The summed E-state index contributed by atoms with van der Waals surface area (Å²) in [6.45, 7) is 9.30. The van der Waals surface area contributed by atoms with Crippen LogP contribution in [0.15, 0.2) is 0 Å². The lowest BCUT2D eigenvalue weighted by molar-refractivity contribution is 0.187. The first-order valence-corrected chi connectivity index (χ1v) is 5.84. The number of nitrogens with one attached hydrogen (secondary N) is 1. The maximum Gasteiger partial charge on any atom is 0.0448 e. The molecule has 0 aromatic carbocycles. The van der Waals surface area contributed by atoms with E-state index < -0.39 is 0 Å². The molecule has 2 atom stereocenters. The van der Waals surface area contributed by atoms with Gasteiger partial charge in [-0.25, -0.2) is 0 Å². The van der Waals surface area contributed by atoms with E-state index in [0.717, 1.165) is 12.8 Å². The second-order valence-corrected chi connectivity index (χ2v) is 5.41. The van der Waals surface area contributed by atoms with Crippen molar-refractivity contribution in [2.24, 2.45) is 5.41 Å². The van der Waals surface area contributed by atoms with Gasteiger partial charge in [-0.05, 0) is 44.9 Å². The molecule has 2 heteroatoms. The molecule has 84 valence electrons. The van der Waals surface area contributed by atoms with Crippen LogP contribution in [0.5, 0.6) is 0 Å². The highest BCUT2D eigenvalue weighted by atomic mass is 16.3. The number of rotatable bonds is 6. The van der Waals surface area contributed by atoms with Crippen LogP contribution in [0.3, 0.4) is 0 Å². The highest BCUT2D eigenvalue weighted by Gasteiger charge is 2.44. The maximum atomic E-state index is 9.02. The predicted octanol–water partition coefficient (Wildman–Crippen LogP) is 2.32. The minimum Gasteiger partial charge on any atom is -0.396 e. The van der Waals surface area contributed by atoms with Crippen LogP contribution < -0.4 is 5.32 Å². The second kappa shape index (κ2) is 4.19. The van der Waals surface area contributed by atoms with E-state index in [0.29, 0.717) is 11.5 Å². The van der Waals surface area contributed by atoms with Gasteiger partial charge in [0.2, 0.25) is 0 Å². The minimum absolute atomic E-state index is 0.111. The number of hydrogen-bond donors (Lipinski definition) is 2. The number of aliphatic hydroxyl groups excluding tert-OH is 1. The molecule has 1 rings (SSSR count). The summed E-state index contributed by atoms with van der Waals surface area (Å²) >= 11 is 0. The molecular weight excluding hydrogens is 174 g/mol. The first-order valence-electron chi connectivity index (χ1n) is 5.84. The van der Waals surface area contributed by atoms with Crippen molar-refractivity contribution in [1.82, 2.24) is 5.32 Å². The molecule has 2 nitrogen and oxygen atoms in total. The molecule has 0 saturated heterocycles. The fourth-order valence-electron chi connectivity index (χ4n) is 1.92. The van der Waals surface area contributed by atoms with Gasteiger partial charge in [0.25, 0.3) is 0 Å². The summed E-state index contributed by atoms with van der Waals surface area (Å²) in [6, 6.07) is 0.569. The Kier molecular flexibility index (Phi) is 3.59. The van der Waals surface area contributed by atoms with E-state index in [9.17, 15) is 0 Å². The highest BCUT2D eigenvalue weighted by Crippen LogP contribution is 2.48. The Balaban J connectivity index is 2.46. The molecule has 0 aromatic rings. The van der Waals surface area contributed by atoms with Crippen LogP contribution in [0.2, 0.25) is 0 Å². The smallest absolute Gasteiger partial charge is 0.0448 e. The van der Waals surface area contributed by atoms with E-state index in [1.165, 1.54) is 12.8 Å². The Hall–Kier alpha value is -0.0800. The zero-order chi connectivity index (χ0) is 10.8. The Bertz CT molecular complexity index is 189. The summed E-state index contributed by atoms with van der Waals surface area (Å²) < 4.78 is 0. The first-order chi connectivity index (χ1) is 6.46. The van der Waals surface area contributed by atoms with Gasteiger partial charge >= 0.3 is 0 Å². The molecule has 14 heavy (non-hydrogen) atoms. The van der Waals surface area contributed by atoms with Crippen molar-refractivity contribution in [3.8, 4) is 0 Å². The van der Waals surface area contributed by atoms with E-state index in [1.807, 2.05) is 0 Å². The van der Waals surface area contributed by atoms with Crippen molar-refractivity contribution in [3.63, 3.8) is 0 Å². The van der Waals surface area contributed by atoms with Crippen molar-refractivity contribution in [2.75, 3.05) is 6.61 Å². The third-order valence-corrected chi connectivity index (χ3v) is 4.09. The van der Waals surface area contributed by atoms with Crippen LogP contribution in [0.1, 0.15) is 53.4 Å². The van der Waals surface area contributed by atoms with Crippen LogP contribution in [0.25, 0.3) is 0 Å². The minimum atomic E-state index is 0.111. The van der Waals surface area contributed by atoms with Gasteiger partial charge in [0.05, 0.1) is 0 Å². The van der Waals surface area contributed by atoms with Gasteiger partial charge in [0, 0.05) is 18.2 Å². The molecule has 0 aliphatic heterocycles. The Labute approximate surface area is 88.1 Å². The zero-order valence-corrected chi connectivity index (χ0v) is 10.1. The summed E-state index contributed by atoms with van der Waals surface area (Å²) in [4.78, 5) is 0. The summed E-state index contributed by atoms with van der Waals surface area (Å²) in [7, 11) is 0. The first kappa shape index (κ1) is 12.0. The molecule has 0 aromatic heterocycles. The molecule has 2 unspecified atom stereocenters. The quantitative estimate of drug-likeness (QED) is 0.688. The van der Waals surface area contributed by atoms with Gasteiger partial charge < -0.3 is 10.4 Å². The van der Waals surface area contributed by atoms with Gasteiger partial charge in [-0.15, -0.1) is 0 Å². The van der Waals surface area contributed by atoms with E-state index in [-0.39, 0.29) is 12.1 Å². The molecular formula is C12H25NO. The largest absolute Gasteiger partial charge is 0.396 e. The van der Waals surface area contributed by atoms with Crippen LogP contribution >= 0.6 is 0 Å². The molecule has 0 heterocycles. The third kappa shape index (κ3) is 2.71. The average molecular weight is 199 g/mol. The highest BCUT2D eigenvalue weighted by molar-refractivity contribution is 4.99.